The van der Waals surface area contributed by atoms with Gasteiger partial charge in [-0.3, -0.25) is 9.69 Å². The van der Waals surface area contributed by atoms with Gasteiger partial charge in [-0.1, -0.05) is 19.8 Å². The lowest BCUT2D eigenvalue weighted by Gasteiger charge is -2.36. The van der Waals surface area contributed by atoms with Crippen molar-refractivity contribution in [3.05, 3.63) is 0 Å². The van der Waals surface area contributed by atoms with Gasteiger partial charge in [0, 0.05) is 26.2 Å². The molecule has 1 saturated heterocycles. The molecule has 1 aliphatic heterocycles. The number of hydrogen-bond acceptors (Lipinski definition) is 4. The number of hydrogen-bond donors (Lipinski definition) is 0. The summed E-state index contributed by atoms with van der Waals surface area (Å²) in [6, 6.07) is -0.0290. The molecule has 0 aromatic rings. The molecule has 1 fully saturated rings. The van der Waals surface area contributed by atoms with Gasteiger partial charge in [0.05, 0.1) is 7.11 Å². The van der Waals surface area contributed by atoms with Gasteiger partial charge in [-0.25, -0.2) is 0 Å². The molecule has 1 aliphatic rings. The van der Waals surface area contributed by atoms with E-state index in [1.54, 1.807) is 0 Å². The molecule has 0 N–H and O–H groups in total. The molecule has 1 rings (SSSR count). The number of piperazine rings is 1. The van der Waals surface area contributed by atoms with Crippen molar-refractivity contribution in [3.8, 4) is 0 Å². The normalized spacial score (nSPS) is 20.7. The minimum absolute atomic E-state index is 0.0290. The first-order valence-corrected chi connectivity index (χ1v) is 6.19. The molecule has 0 spiro atoms. The van der Waals surface area contributed by atoms with Crippen molar-refractivity contribution in [2.45, 2.75) is 32.2 Å². The van der Waals surface area contributed by atoms with Crippen LogP contribution in [0.5, 0.6) is 0 Å². The zero-order valence-corrected chi connectivity index (χ0v) is 10.7. The summed E-state index contributed by atoms with van der Waals surface area (Å²) in [7, 11) is 3.61. The smallest absolute Gasteiger partial charge is 0.323 e. The van der Waals surface area contributed by atoms with Gasteiger partial charge in [0.1, 0.15) is 6.04 Å². The monoisotopic (exact) mass is 228 g/mol. The van der Waals surface area contributed by atoms with Crippen molar-refractivity contribution in [2.24, 2.45) is 0 Å². The van der Waals surface area contributed by atoms with Crippen LogP contribution in [0.15, 0.2) is 0 Å². The van der Waals surface area contributed by atoms with E-state index in [2.05, 4.69) is 23.8 Å². The molecule has 1 unspecified atom stereocenters. The van der Waals surface area contributed by atoms with Crippen LogP contribution in [0.4, 0.5) is 0 Å². The largest absolute Gasteiger partial charge is 0.468 e. The van der Waals surface area contributed by atoms with E-state index in [1.807, 2.05) is 0 Å². The lowest BCUT2D eigenvalue weighted by molar-refractivity contribution is -0.148. The number of methoxy groups -OCH3 is 1. The highest BCUT2D eigenvalue weighted by Gasteiger charge is 2.28. The van der Waals surface area contributed by atoms with Gasteiger partial charge in [0.2, 0.25) is 0 Å². The van der Waals surface area contributed by atoms with Gasteiger partial charge >= 0.3 is 5.97 Å². The fourth-order valence-electron chi connectivity index (χ4n) is 2.12. The molecule has 1 atom stereocenters. The maximum absolute atomic E-state index is 11.7. The van der Waals surface area contributed by atoms with Crippen molar-refractivity contribution in [2.75, 3.05) is 40.3 Å². The van der Waals surface area contributed by atoms with Crippen LogP contribution in [0, 0.1) is 0 Å². The first-order valence-electron chi connectivity index (χ1n) is 6.19. The molecule has 94 valence electrons. The van der Waals surface area contributed by atoms with E-state index in [0.29, 0.717) is 0 Å². The Morgan fingerprint density at radius 1 is 1.31 bits per heavy atom. The van der Waals surface area contributed by atoms with Crippen LogP contribution in [0.3, 0.4) is 0 Å². The number of ether oxygens (including phenoxy) is 1. The Balaban J connectivity index is 2.50. The number of esters is 1. The molecular formula is C12H24N2O2. The molecule has 0 saturated carbocycles. The zero-order chi connectivity index (χ0) is 12.0. The summed E-state index contributed by atoms with van der Waals surface area (Å²) in [5, 5.41) is 0. The molecule has 16 heavy (non-hydrogen) atoms. The number of unbranched alkanes of at least 4 members (excludes halogenated alkanes) is 1. The van der Waals surface area contributed by atoms with Crippen LogP contribution in [-0.2, 0) is 9.53 Å². The predicted octanol–water partition coefficient (Wildman–Crippen LogP) is 0.966. The third-order valence-corrected chi connectivity index (χ3v) is 3.28. The van der Waals surface area contributed by atoms with Crippen LogP contribution >= 0.6 is 0 Å². The zero-order valence-electron chi connectivity index (χ0n) is 10.7. The molecule has 0 amide bonds. The number of carbonyl (C=O) groups is 1. The minimum Gasteiger partial charge on any atom is -0.468 e. The standard InChI is InChI=1S/C12H24N2O2/c1-4-5-6-11(12(15)16-3)14-9-7-13(2)8-10-14/h11H,4-10H2,1-3H3. The molecule has 0 radical (unpaired) electrons. The van der Waals surface area contributed by atoms with Crippen LogP contribution in [-0.4, -0.2) is 62.1 Å². The third kappa shape index (κ3) is 3.76. The maximum atomic E-state index is 11.7. The van der Waals surface area contributed by atoms with Gasteiger partial charge in [-0.15, -0.1) is 0 Å². The van der Waals surface area contributed by atoms with Gasteiger partial charge in [-0.2, -0.15) is 0 Å². The molecule has 0 bridgehead atoms. The van der Waals surface area contributed by atoms with Crippen LogP contribution < -0.4 is 0 Å². The minimum atomic E-state index is -0.0713. The maximum Gasteiger partial charge on any atom is 0.323 e. The Morgan fingerprint density at radius 3 is 2.44 bits per heavy atom. The molecule has 4 nitrogen and oxygen atoms in total. The van der Waals surface area contributed by atoms with E-state index in [1.165, 1.54) is 7.11 Å². The molecule has 4 heteroatoms. The van der Waals surface area contributed by atoms with E-state index < -0.39 is 0 Å². The Morgan fingerprint density at radius 2 is 1.94 bits per heavy atom. The molecule has 0 aromatic heterocycles. The van der Waals surface area contributed by atoms with E-state index in [0.717, 1.165) is 45.4 Å². The average molecular weight is 228 g/mol. The molecule has 1 heterocycles. The summed E-state index contributed by atoms with van der Waals surface area (Å²) < 4.78 is 4.90. The molecule has 0 aliphatic carbocycles. The number of nitrogens with zero attached hydrogens (tertiary/aromatic N) is 2. The van der Waals surface area contributed by atoms with Crippen molar-refractivity contribution < 1.29 is 9.53 Å². The summed E-state index contributed by atoms with van der Waals surface area (Å²) in [5.41, 5.74) is 0. The SMILES string of the molecule is CCCCC(C(=O)OC)N1CCN(C)CC1. The van der Waals surface area contributed by atoms with Crippen LogP contribution in [0.25, 0.3) is 0 Å². The van der Waals surface area contributed by atoms with E-state index in [4.69, 9.17) is 4.74 Å². The van der Waals surface area contributed by atoms with Gasteiger partial charge in [0.15, 0.2) is 0 Å². The fraction of sp³-hybridized carbons (Fsp3) is 0.917. The van der Waals surface area contributed by atoms with Crippen molar-refractivity contribution in [1.82, 2.24) is 9.80 Å². The van der Waals surface area contributed by atoms with E-state index >= 15 is 0 Å². The van der Waals surface area contributed by atoms with Crippen LogP contribution in [0.1, 0.15) is 26.2 Å². The van der Waals surface area contributed by atoms with Gasteiger partial charge in [0.25, 0.3) is 0 Å². The van der Waals surface area contributed by atoms with Crippen molar-refractivity contribution in [3.63, 3.8) is 0 Å². The highest BCUT2D eigenvalue weighted by Crippen LogP contribution is 2.13. The second kappa shape index (κ2) is 6.86. The lowest BCUT2D eigenvalue weighted by Crippen LogP contribution is -2.51. The Hall–Kier alpha value is -0.610. The number of carbonyl (C=O) groups excluding carboxylic acids is 1. The third-order valence-electron chi connectivity index (χ3n) is 3.28. The Labute approximate surface area is 98.5 Å². The highest BCUT2D eigenvalue weighted by molar-refractivity contribution is 5.75. The van der Waals surface area contributed by atoms with Gasteiger partial charge < -0.3 is 9.64 Å². The summed E-state index contributed by atoms with van der Waals surface area (Å²) >= 11 is 0. The van der Waals surface area contributed by atoms with Crippen molar-refractivity contribution in [1.29, 1.82) is 0 Å². The second-order valence-electron chi connectivity index (χ2n) is 4.52. The summed E-state index contributed by atoms with van der Waals surface area (Å²) in [5.74, 6) is -0.0713. The summed E-state index contributed by atoms with van der Waals surface area (Å²) in [6.07, 6.45) is 3.14. The average Bonchev–Trinajstić information content (AvgIpc) is 2.31. The lowest BCUT2D eigenvalue weighted by atomic mass is 10.1. The number of likely N-dealkylation sites (N-methyl/N-ethyl adjacent to an activating group) is 1. The first kappa shape index (κ1) is 13.5. The Kier molecular flexibility index (Phi) is 5.77. The molecule has 0 aromatic carbocycles. The molecular weight excluding hydrogens is 204 g/mol. The quantitative estimate of drug-likeness (QED) is 0.656. The summed E-state index contributed by atoms with van der Waals surface area (Å²) in [4.78, 5) is 16.3. The second-order valence-corrected chi connectivity index (χ2v) is 4.52. The first-order chi connectivity index (χ1) is 7.69. The summed E-state index contributed by atoms with van der Waals surface area (Å²) in [6.45, 7) is 6.18. The van der Waals surface area contributed by atoms with E-state index in [-0.39, 0.29) is 12.0 Å². The van der Waals surface area contributed by atoms with Crippen LogP contribution in [0.2, 0.25) is 0 Å². The number of rotatable bonds is 5. The van der Waals surface area contributed by atoms with Gasteiger partial charge in [-0.05, 0) is 13.5 Å². The fourth-order valence-corrected chi connectivity index (χ4v) is 2.12. The highest BCUT2D eigenvalue weighted by atomic mass is 16.5. The van der Waals surface area contributed by atoms with Crippen molar-refractivity contribution >= 4 is 5.97 Å². The topological polar surface area (TPSA) is 32.8 Å². The van der Waals surface area contributed by atoms with E-state index in [9.17, 15) is 4.79 Å². The predicted molar refractivity (Wildman–Crippen MR) is 64.4 cm³/mol. The Bertz CT molecular complexity index is 213.